The van der Waals surface area contributed by atoms with Crippen LogP contribution in [0.5, 0.6) is 0 Å². The van der Waals surface area contributed by atoms with Gasteiger partial charge in [0.05, 0.1) is 5.56 Å². The van der Waals surface area contributed by atoms with Crippen LogP contribution < -0.4 is 5.32 Å². The number of aromatic nitrogens is 3. The highest BCUT2D eigenvalue weighted by Crippen LogP contribution is 2.34. The normalized spacial score (nSPS) is 20.9. The van der Waals surface area contributed by atoms with Crippen LogP contribution in [0.4, 0.5) is 13.2 Å². The van der Waals surface area contributed by atoms with Gasteiger partial charge in [-0.05, 0) is 49.9 Å². The van der Waals surface area contributed by atoms with Crippen LogP contribution in [0.3, 0.4) is 0 Å². The molecule has 32 heavy (non-hydrogen) atoms. The number of fused-ring (bicyclic) bond motifs is 1. The second-order valence-corrected chi connectivity index (χ2v) is 8.63. The van der Waals surface area contributed by atoms with Crippen molar-refractivity contribution in [1.29, 1.82) is 0 Å². The van der Waals surface area contributed by atoms with Crippen molar-refractivity contribution in [2.24, 2.45) is 0 Å². The van der Waals surface area contributed by atoms with Gasteiger partial charge in [0, 0.05) is 24.7 Å². The van der Waals surface area contributed by atoms with Crippen LogP contribution in [0.1, 0.15) is 54.6 Å². The van der Waals surface area contributed by atoms with Crippen LogP contribution in [-0.4, -0.2) is 44.5 Å². The molecule has 3 aromatic rings. The van der Waals surface area contributed by atoms with Crippen LogP contribution in [0, 0.1) is 0 Å². The molecule has 1 saturated carbocycles. The lowest BCUT2D eigenvalue weighted by atomic mass is 9.93. The van der Waals surface area contributed by atoms with Crippen molar-refractivity contribution in [3.05, 3.63) is 65.6 Å². The lowest BCUT2D eigenvalue weighted by Crippen LogP contribution is -2.45. The molecule has 0 spiro atoms. The summed E-state index contributed by atoms with van der Waals surface area (Å²) in [5.41, 5.74) is 0.567. The van der Waals surface area contributed by atoms with E-state index in [2.05, 4.69) is 20.4 Å². The molecule has 3 heterocycles. The SMILES string of the molecule is O=C(NC1CC1)C(c1ccccc1)N1CCCC(c2nnc3ccc(C(F)(F)F)cn23)C1. The van der Waals surface area contributed by atoms with E-state index in [9.17, 15) is 18.0 Å². The number of nitrogens with one attached hydrogen (secondary N) is 1. The van der Waals surface area contributed by atoms with Crippen LogP contribution in [-0.2, 0) is 11.0 Å². The number of rotatable bonds is 5. The highest BCUT2D eigenvalue weighted by atomic mass is 19.4. The zero-order valence-electron chi connectivity index (χ0n) is 17.4. The monoisotopic (exact) mass is 443 g/mol. The molecule has 1 aliphatic carbocycles. The van der Waals surface area contributed by atoms with Gasteiger partial charge in [0.25, 0.3) is 0 Å². The molecule has 9 heteroatoms. The number of halogens is 3. The Hall–Kier alpha value is -2.94. The molecule has 0 bridgehead atoms. The Morgan fingerprint density at radius 1 is 1.06 bits per heavy atom. The fourth-order valence-electron chi connectivity index (χ4n) is 4.48. The van der Waals surface area contributed by atoms with Crippen molar-refractivity contribution in [3.8, 4) is 0 Å². The van der Waals surface area contributed by atoms with E-state index in [1.807, 2.05) is 30.3 Å². The highest BCUT2D eigenvalue weighted by molar-refractivity contribution is 5.83. The van der Waals surface area contributed by atoms with E-state index < -0.39 is 17.8 Å². The molecule has 6 nitrogen and oxygen atoms in total. The number of benzene rings is 1. The number of carbonyl (C=O) groups is 1. The van der Waals surface area contributed by atoms with Crippen molar-refractivity contribution >= 4 is 11.6 Å². The van der Waals surface area contributed by atoms with Crippen LogP contribution in [0.15, 0.2) is 48.7 Å². The van der Waals surface area contributed by atoms with E-state index in [1.165, 1.54) is 10.5 Å². The molecule has 1 N–H and O–H groups in total. The average Bonchev–Trinajstić information content (AvgIpc) is 3.49. The summed E-state index contributed by atoms with van der Waals surface area (Å²) in [6.07, 6.45) is 0.232. The van der Waals surface area contributed by atoms with E-state index in [-0.39, 0.29) is 17.9 Å². The standard InChI is InChI=1S/C23H24F3N5O/c24-23(25,26)17-8-11-19-28-29-21(31(19)14-17)16-7-4-12-30(13-16)20(15-5-2-1-3-6-15)22(32)27-18-9-10-18/h1-3,5-6,8,11,14,16,18,20H,4,7,9-10,12-13H2,(H,27,32). The second-order valence-electron chi connectivity index (χ2n) is 8.63. The quantitative estimate of drug-likeness (QED) is 0.649. The highest BCUT2D eigenvalue weighted by Gasteiger charge is 2.36. The summed E-state index contributed by atoms with van der Waals surface area (Å²) in [7, 11) is 0. The number of nitrogens with zero attached hydrogens (tertiary/aromatic N) is 4. The van der Waals surface area contributed by atoms with Gasteiger partial charge in [0.2, 0.25) is 5.91 Å². The van der Waals surface area contributed by atoms with Gasteiger partial charge in [-0.1, -0.05) is 30.3 Å². The van der Waals surface area contributed by atoms with Crippen molar-refractivity contribution in [3.63, 3.8) is 0 Å². The Bertz CT molecular complexity index is 1110. The number of carbonyl (C=O) groups excluding carboxylic acids is 1. The number of hydrogen-bond donors (Lipinski definition) is 1. The van der Waals surface area contributed by atoms with E-state index >= 15 is 0 Å². The average molecular weight is 443 g/mol. The number of pyridine rings is 1. The molecule has 2 aromatic heterocycles. The molecule has 168 valence electrons. The number of piperidine rings is 1. The fraction of sp³-hybridized carbons (Fsp3) is 0.435. The molecule has 2 atom stereocenters. The minimum absolute atomic E-state index is 0.0233. The molecule has 1 amide bonds. The third-order valence-electron chi connectivity index (χ3n) is 6.23. The van der Waals surface area contributed by atoms with E-state index in [0.717, 1.165) is 50.1 Å². The first-order valence-electron chi connectivity index (χ1n) is 10.9. The predicted octanol–water partition coefficient (Wildman–Crippen LogP) is 3.95. The molecule has 2 aliphatic rings. The molecule has 1 saturated heterocycles. The molecule has 2 fully saturated rings. The molecule has 0 radical (unpaired) electrons. The van der Waals surface area contributed by atoms with Gasteiger partial charge in [0.1, 0.15) is 11.9 Å². The topological polar surface area (TPSA) is 62.5 Å². The smallest absolute Gasteiger partial charge is 0.352 e. The first-order chi connectivity index (χ1) is 15.4. The van der Waals surface area contributed by atoms with E-state index in [1.54, 1.807) is 0 Å². The minimum Gasteiger partial charge on any atom is -0.352 e. The Labute approximate surface area is 183 Å². The van der Waals surface area contributed by atoms with Crippen molar-refractivity contribution in [1.82, 2.24) is 24.8 Å². The van der Waals surface area contributed by atoms with Crippen LogP contribution in [0.25, 0.3) is 5.65 Å². The third kappa shape index (κ3) is 4.21. The summed E-state index contributed by atoms with van der Waals surface area (Å²) in [6, 6.07) is 11.8. The Morgan fingerprint density at radius 3 is 2.56 bits per heavy atom. The summed E-state index contributed by atoms with van der Waals surface area (Å²) in [5.74, 6) is 0.359. The predicted molar refractivity (Wildman–Crippen MR) is 112 cm³/mol. The maximum Gasteiger partial charge on any atom is 0.417 e. The molecule has 1 aromatic carbocycles. The maximum atomic E-state index is 13.2. The number of amides is 1. The Balaban J connectivity index is 1.44. The zero-order chi connectivity index (χ0) is 22.3. The largest absolute Gasteiger partial charge is 0.417 e. The molecule has 2 unspecified atom stereocenters. The van der Waals surface area contributed by atoms with Crippen molar-refractivity contribution in [2.45, 2.75) is 49.9 Å². The maximum absolute atomic E-state index is 13.2. The van der Waals surface area contributed by atoms with E-state index in [4.69, 9.17) is 0 Å². The number of likely N-dealkylation sites (tertiary alicyclic amines) is 1. The van der Waals surface area contributed by atoms with Crippen LogP contribution >= 0.6 is 0 Å². The summed E-state index contributed by atoms with van der Waals surface area (Å²) < 4.78 is 41.2. The molecular formula is C23H24F3N5O. The zero-order valence-corrected chi connectivity index (χ0v) is 17.4. The molecular weight excluding hydrogens is 419 g/mol. The van der Waals surface area contributed by atoms with Gasteiger partial charge in [0.15, 0.2) is 5.65 Å². The Kier molecular flexibility index (Phi) is 5.36. The lowest BCUT2D eigenvalue weighted by molar-refractivity contribution is -0.138. The first kappa shape index (κ1) is 20.9. The summed E-state index contributed by atoms with van der Waals surface area (Å²) in [4.78, 5) is 15.3. The summed E-state index contributed by atoms with van der Waals surface area (Å²) >= 11 is 0. The van der Waals surface area contributed by atoms with Crippen LogP contribution in [0.2, 0.25) is 0 Å². The van der Waals surface area contributed by atoms with Gasteiger partial charge in [-0.25, -0.2) is 0 Å². The fourth-order valence-corrected chi connectivity index (χ4v) is 4.48. The van der Waals surface area contributed by atoms with Gasteiger partial charge in [-0.2, -0.15) is 13.2 Å². The van der Waals surface area contributed by atoms with E-state index in [0.29, 0.717) is 18.0 Å². The van der Waals surface area contributed by atoms with Gasteiger partial charge < -0.3 is 5.32 Å². The molecule has 5 rings (SSSR count). The van der Waals surface area contributed by atoms with Gasteiger partial charge in [-0.3, -0.25) is 14.1 Å². The number of alkyl halides is 3. The Morgan fingerprint density at radius 2 is 1.84 bits per heavy atom. The summed E-state index contributed by atoms with van der Waals surface area (Å²) in [6.45, 7) is 1.26. The lowest BCUT2D eigenvalue weighted by Gasteiger charge is -2.37. The third-order valence-corrected chi connectivity index (χ3v) is 6.23. The van der Waals surface area contributed by atoms with Gasteiger partial charge in [-0.15, -0.1) is 10.2 Å². The summed E-state index contributed by atoms with van der Waals surface area (Å²) in [5, 5.41) is 11.4. The van der Waals surface area contributed by atoms with Crippen molar-refractivity contribution in [2.75, 3.05) is 13.1 Å². The van der Waals surface area contributed by atoms with Crippen molar-refractivity contribution < 1.29 is 18.0 Å². The molecule has 1 aliphatic heterocycles. The number of hydrogen-bond acceptors (Lipinski definition) is 4. The van der Waals surface area contributed by atoms with Gasteiger partial charge >= 0.3 is 6.18 Å². The first-order valence-corrected chi connectivity index (χ1v) is 10.9. The second kappa shape index (κ2) is 8.20. The minimum atomic E-state index is -4.44.